The van der Waals surface area contributed by atoms with Crippen LogP contribution < -0.4 is 9.47 Å². The molecule has 4 heteroatoms. The standard InChI is InChI=1S/C21H24N2O2/c1-5-6-17-7-8-20(21(13-17)24-4)25-10-9-23-14-22-18-11-15(2)16(3)12-19(18)23/h5-8,11-14H,9-10H2,1-4H3/b6-5+. The Kier molecular flexibility index (Phi) is 5.08. The van der Waals surface area contributed by atoms with Gasteiger partial charge >= 0.3 is 0 Å². The van der Waals surface area contributed by atoms with E-state index in [1.54, 1.807) is 7.11 Å². The molecule has 4 nitrogen and oxygen atoms in total. The van der Waals surface area contributed by atoms with E-state index < -0.39 is 0 Å². The predicted octanol–water partition coefficient (Wildman–Crippen LogP) is 4.77. The first-order valence-corrected chi connectivity index (χ1v) is 8.48. The fraction of sp³-hybridized carbons (Fsp3) is 0.286. The highest BCUT2D eigenvalue weighted by atomic mass is 16.5. The van der Waals surface area contributed by atoms with Gasteiger partial charge in [-0.1, -0.05) is 18.2 Å². The van der Waals surface area contributed by atoms with Crippen molar-refractivity contribution in [2.75, 3.05) is 13.7 Å². The highest BCUT2D eigenvalue weighted by molar-refractivity contribution is 5.77. The van der Waals surface area contributed by atoms with Crippen LogP contribution in [0.5, 0.6) is 11.5 Å². The molecule has 0 saturated heterocycles. The molecule has 0 aliphatic rings. The Hall–Kier alpha value is -2.75. The maximum absolute atomic E-state index is 5.94. The fourth-order valence-corrected chi connectivity index (χ4v) is 2.84. The highest BCUT2D eigenvalue weighted by Gasteiger charge is 2.07. The predicted molar refractivity (Wildman–Crippen MR) is 102 cm³/mol. The van der Waals surface area contributed by atoms with Gasteiger partial charge < -0.3 is 14.0 Å². The summed E-state index contributed by atoms with van der Waals surface area (Å²) in [7, 11) is 1.66. The third-order valence-corrected chi connectivity index (χ3v) is 4.37. The molecule has 3 aromatic rings. The lowest BCUT2D eigenvalue weighted by Crippen LogP contribution is -2.08. The molecule has 0 radical (unpaired) electrons. The van der Waals surface area contributed by atoms with Crippen molar-refractivity contribution in [1.82, 2.24) is 9.55 Å². The van der Waals surface area contributed by atoms with Gasteiger partial charge in [-0.25, -0.2) is 4.98 Å². The van der Waals surface area contributed by atoms with Crippen molar-refractivity contribution >= 4 is 17.1 Å². The fourth-order valence-electron chi connectivity index (χ4n) is 2.84. The van der Waals surface area contributed by atoms with Gasteiger partial charge in [0, 0.05) is 0 Å². The number of hydrogen-bond acceptors (Lipinski definition) is 3. The lowest BCUT2D eigenvalue weighted by Gasteiger charge is -2.12. The summed E-state index contributed by atoms with van der Waals surface area (Å²) in [6.45, 7) is 7.52. The second-order valence-electron chi connectivity index (χ2n) is 6.12. The normalized spacial score (nSPS) is 11.4. The third kappa shape index (κ3) is 3.68. The second-order valence-corrected chi connectivity index (χ2v) is 6.12. The Balaban J connectivity index is 1.72. The quantitative estimate of drug-likeness (QED) is 0.650. The summed E-state index contributed by atoms with van der Waals surface area (Å²) < 4.78 is 13.5. The zero-order chi connectivity index (χ0) is 17.8. The molecule has 130 valence electrons. The van der Waals surface area contributed by atoms with Gasteiger partial charge in [0.15, 0.2) is 11.5 Å². The number of hydrogen-bond donors (Lipinski definition) is 0. The van der Waals surface area contributed by atoms with Gasteiger partial charge in [-0.05, 0) is 61.7 Å². The molecular formula is C21H24N2O2. The minimum absolute atomic E-state index is 0.553. The summed E-state index contributed by atoms with van der Waals surface area (Å²) in [5.41, 5.74) is 5.80. The summed E-state index contributed by atoms with van der Waals surface area (Å²) in [6, 6.07) is 10.3. The van der Waals surface area contributed by atoms with E-state index in [0.717, 1.165) is 34.6 Å². The first kappa shape index (κ1) is 17.1. The number of methoxy groups -OCH3 is 1. The maximum atomic E-state index is 5.94. The third-order valence-electron chi connectivity index (χ3n) is 4.37. The number of rotatable bonds is 6. The van der Waals surface area contributed by atoms with Crippen LogP contribution in [0.3, 0.4) is 0 Å². The lowest BCUT2D eigenvalue weighted by atomic mass is 10.1. The van der Waals surface area contributed by atoms with Crippen molar-refractivity contribution in [2.24, 2.45) is 0 Å². The molecule has 0 spiro atoms. The van der Waals surface area contributed by atoms with E-state index in [9.17, 15) is 0 Å². The van der Waals surface area contributed by atoms with E-state index in [1.807, 2.05) is 43.6 Å². The van der Waals surface area contributed by atoms with Gasteiger partial charge in [0.25, 0.3) is 0 Å². The molecule has 0 aliphatic heterocycles. The summed E-state index contributed by atoms with van der Waals surface area (Å²) in [5.74, 6) is 1.50. The molecule has 1 heterocycles. The maximum Gasteiger partial charge on any atom is 0.161 e. The molecule has 3 rings (SSSR count). The van der Waals surface area contributed by atoms with Crippen LogP contribution in [0.4, 0.5) is 0 Å². The van der Waals surface area contributed by atoms with E-state index in [4.69, 9.17) is 9.47 Å². The van der Waals surface area contributed by atoms with Crippen molar-refractivity contribution in [3.8, 4) is 11.5 Å². The Morgan fingerprint density at radius 1 is 1.08 bits per heavy atom. The van der Waals surface area contributed by atoms with E-state index in [2.05, 4.69) is 35.5 Å². The minimum atomic E-state index is 0.553. The molecule has 1 aromatic heterocycles. The van der Waals surface area contributed by atoms with Crippen molar-refractivity contribution in [3.63, 3.8) is 0 Å². The number of aromatic nitrogens is 2. The molecule has 0 fully saturated rings. The average Bonchev–Trinajstić information content (AvgIpc) is 2.98. The molecule has 25 heavy (non-hydrogen) atoms. The molecule has 0 saturated carbocycles. The van der Waals surface area contributed by atoms with Crippen LogP contribution in [0.25, 0.3) is 17.1 Å². The lowest BCUT2D eigenvalue weighted by molar-refractivity contribution is 0.281. The monoisotopic (exact) mass is 336 g/mol. The molecule has 2 aromatic carbocycles. The van der Waals surface area contributed by atoms with Gasteiger partial charge in [-0.15, -0.1) is 0 Å². The van der Waals surface area contributed by atoms with Crippen LogP contribution in [-0.4, -0.2) is 23.3 Å². The molecule has 0 atom stereocenters. The van der Waals surface area contributed by atoms with E-state index >= 15 is 0 Å². The SMILES string of the molecule is C/C=C/c1ccc(OCCn2cnc3cc(C)c(C)cc32)c(OC)c1. The van der Waals surface area contributed by atoms with Gasteiger partial charge in [-0.3, -0.25) is 0 Å². The van der Waals surface area contributed by atoms with Gasteiger partial charge in [0.1, 0.15) is 6.61 Å². The van der Waals surface area contributed by atoms with E-state index in [-0.39, 0.29) is 0 Å². The molecule has 0 aliphatic carbocycles. The number of aryl methyl sites for hydroxylation is 2. The summed E-state index contributed by atoms with van der Waals surface area (Å²) in [5, 5.41) is 0. The minimum Gasteiger partial charge on any atom is -0.493 e. The molecule has 0 unspecified atom stereocenters. The van der Waals surface area contributed by atoms with Crippen molar-refractivity contribution in [1.29, 1.82) is 0 Å². The topological polar surface area (TPSA) is 36.3 Å². The summed E-state index contributed by atoms with van der Waals surface area (Å²) >= 11 is 0. The van der Waals surface area contributed by atoms with Crippen molar-refractivity contribution < 1.29 is 9.47 Å². The van der Waals surface area contributed by atoms with Gasteiger partial charge in [0.05, 0.1) is 31.0 Å². The average molecular weight is 336 g/mol. The molecular weight excluding hydrogens is 312 g/mol. The van der Waals surface area contributed by atoms with Crippen molar-refractivity contribution in [3.05, 3.63) is 59.4 Å². The first-order valence-electron chi connectivity index (χ1n) is 8.48. The van der Waals surface area contributed by atoms with E-state index in [0.29, 0.717) is 6.61 Å². The number of imidazole rings is 1. The summed E-state index contributed by atoms with van der Waals surface area (Å²) in [4.78, 5) is 4.49. The first-order chi connectivity index (χ1) is 12.1. The Morgan fingerprint density at radius 3 is 2.64 bits per heavy atom. The number of nitrogens with zero attached hydrogens (tertiary/aromatic N) is 2. The van der Waals surface area contributed by atoms with Crippen LogP contribution >= 0.6 is 0 Å². The number of fused-ring (bicyclic) bond motifs is 1. The number of allylic oxidation sites excluding steroid dienone is 1. The second kappa shape index (κ2) is 7.43. The zero-order valence-corrected chi connectivity index (χ0v) is 15.2. The highest BCUT2D eigenvalue weighted by Crippen LogP contribution is 2.28. The number of ether oxygens (including phenoxy) is 2. The van der Waals surface area contributed by atoms with Crippen LogP contribution in [0.15, 0.2) is 42.7 Å². The number of benzene rings is 2. The molecule has 0 N–H and O–H groups in total. The van der Waals surface area contributed by atoms with Gasteiger partial charge in [0.2, 0.25) is 0 Å². The smallest absolute Gasteiger partial charge is 0.161 e. The Bertz CT molecular complexity index is 910. The molecule has 0 bridgehead atoms. The van der Waals surface area contributed by atoms with Crippen LogP contribution in [0.2, 0.25) is 0 Å². The van der Waals surface area contributed by atoms with Crippen LogP contribution in [0.1, 0.15) is 23.6 Å². The largest absolute Gasteiger partial charge is 0.493 e. The van der Waals surface area contributed by atoms with Crippen LogP contribution in [0, 0.1) is 13.8 Å². The zero-order valence-electron chi connectivity index (χ0n) is 15.2. The Labute approximate surface area is 148 Å². The Morgan fingerprint density at radius 2 is 1.88 bits per heavy atom. The van der Waals surface area contributed by atoms with Gasteiger partial charge in [-0.2, -0.15) is 0 Å². The summed E-state index contributed by atoms with van der Waals surface area (Å²) in [6.07, 6.45) is 5.91. The van der Waals surface area contributed by atoms with Crippen LogP contribution in [-0.2, 0) is 6.54 Å². The van der Waals surface area contributed by atoms with E-state index in [1.165, 1.54) is 11.1 Å². The molecule has 0 amide bonds. The van der Waals surface area contributed by atoms with Crippen molar-refractivity contribution in [2.45, 2.75) is 27.3 Å².